The van der Waals surface area contributed by atoms with Crippen molar-refractivity contribution in [3.05, 3.63) is 59.7 Å². The number of hydrogen-bond donors (Lipinski definition) is 0. The van der Waals surface area contributed by atoms with Crippen molar-refractivity contribution in [3.63, 3.8) is 0 Å². The minimum Gasteiger partial charge on any atom is -0.520 e. The molecule has 0 aromatic heterocycles. The summed E-state index contributed by atoms with van der Waals surface area (Å²) in [5.41, 5.74) is 1.87. The van der Waals surface area contributed by atoms with Gasteiger partial charge in [-0.05, 0) is 50.5 Å². The number of fused-ring (bicyclic) bond motifs is 2. The van der Waals surface area contributed by atoms with Crippen molar-refractivity contribution in [2.24, 2.45) is 9.98 Å². The molecule has 3 rings (SSSR count). The zero-order valence-corrected chi connectivity index (χ0v) is 20.1. The molecule has 0 fully saturated rings. The molecule has 0 aliphatic carbocycles. The third-order valence-electron chi connectivity index (χ3n) is 4.35. The second-order valence-electron chi connectivity index (χ2n) is 7.85. The Balaban J connectivity index is 1.81. The minimum absolute atomic E-state index is 0.498. The van der Waals surface area contributed by atoms with E-state index in [0.717, 1.165) is 22.6 Å². The number of rotatable bonds is 0. The molecule has 0 amide bonds. The highest BCUT2D eigenvalue weighted by molar-refractivity contribution is 6.65. The van der Waals surface area contributed by atoms with Gasteiger partial charge in [0.1, 0.15) is 11.5 Å². The van der Waals surface area contributed by atoms with Crippen molar-refractivity contribution in [1.29, 1.82) is 0 Å². The van der Waals surface area contributed by atoms with Crippen LogP contribution in [0.3, 0.4) is 0 Å². The number of para-hydroxylation sites is 2. The molecule has 0 saturated heterocycles. The minimum atomic E-state index is -2.36. The molecule has 0 bridgehead atoms. The van der Waals surface area contributed by atoms with Crippen molar-refractivity contribution < 1.29 is 17.7 Å². The van der Waals surface area contributed by atoms with E-state index < -0.39 is 17.1 Å². The highest BCUT2D eigenvalue weighted by Gasteiger charge is 2.28. The van der Waals surface area contributed by atoms with E-state index in [0.29, 0.717) is 26.3 Å². The van der Waals surface area contributed by atoms with Crippen LogP contribution in [0.1, 0.15) is 11.1 Å². The molecule has 0 radical (unpaired) electrons. The second-order valence-corrected chi connectivity index (χ2v) is 14.4. The lowest BCUT2D eigenvalue weighted by atomic mass is 10.2. The standard InChI is InChI=1S/C22H30N2O4Si2/c1-29(2)25-15-13-23-18-20-10-6-8-12-22(20)28-30(3,4)26-16-14-24-17-19-9-5-7-11-21(19)27-29/h5-12,17-18H,13-16H2,1-4H3. The number of benzene rings is 2. The van der Waals surface area contributed by atoms with Gasteiger partial charge in [-0.15, -0.1) is 0 Å². The van der Waals surface area contributed by atoms with Gasteiger partial charge >= 0.3 is 17.1 Å². The Morgan fingerprint density at radius 3 is 1.47 bits per heavy atom. The van der Waals surface area contributed by atoms with Crippen LogP contribution < -0.4 is 8.85 Å². The lowest BCUT2D eigenvalue weighted by Gasteiger charge is -2.25. The summed E-state index contributed by atoms with van der Waals surface area (Å²) < 4.78 is 24.6. The molecule has 0 saturated carbocycles. The molecule has 8 heteroatoms. The van der Waals surface area contributed by atoms with E-state index in [1.54, 1.807) is 0 Å². The fourth-order valence-corrected chi connectivity index (χ4v) is 5.68. The molecule has 1 heterocycles. The third-order valence-corrected chi connectivity index (χ3v) is 7.57. The number of nitrogens with zero attached hydrogens (tertiary/aromatic N) is 2. The Labute approximate surface area is 181 Å². The summed E-state index contributed by atoms with van der Waals surface area (Å²) in [6.45, 7) is 10.2. The van der Waals surface area contributed by atoms with E-state index in [-0.39, 0.29) is 0 Å². The average Bonchev–Trinajstić information content (AvgIpc) is 2.68. The van der Waals surface area contributed by atoms with E-state index in [4.69, 9.17) is 17.7 Å². The Morgan fingerprint density at radius 2 is 1.03 bits per heavy atom. The van der Waals surface area contributed by atoms with Gasteiger partial charge in [-0.3, -0.25) is 9.98 Å². The summed E-state index contributed by atoms with van der Waals surface area (Å²) in [5, 5.41) is 0. The van der Waals surface area contributed by atoms with Crippen molar-refractivity contribution in [3.8, 4) is 11.5 Å². The monoisotopic (exact) mass is 442 g/mol. The molecule has 6 nitrogen and oxygen atoms in total. The molecule has 0 unspecified atom stereocenters. The molecular formula is C22H30N2O4Si2. The van der Waals surface area contributed by atoms with Gasteiger partial charge in [-0.25, -0.2) is 0 Å². The van der Waals surface area contributed by atoms with Crippen LogP contribution in [-0.4, -0.2) is 55.9 Å². The zero-order valence-electron chi connectivity index (χ0n) is 18.1. The fourth-order valence-electron chi connectivity index (χ4n) is 2.96. The predicted octanol–water partition coefficient (Wildman–Crippen LogP) is 4.43. The molecule has 1 aliphatic heterocycles. The van der Waals surface area contributed by atoms with Crippen molar-refractivity contribution in [1.82, 2.24) is 0 Å². The molecular weight excluding hydrogens is 412 g/mol. The van der Waals surface area contributed by atoms with Gasteiger partial charge in [0, 0.05) is 23.6 Å². The van der Waals surface area contributed by atoms with Crippen molar-refractivity contribution in [2.75, 3.05) is 26.3 Å². The normalized spacial score (nSPS) is 19.3. The third kappa shape index (κ3) is 6.91. The van der Waals surface area contributed by atoms with Crippen LogP contribution in [0, 0.1) is 0 Å². The first-order valence-corrected chi connectivity index (χ1v) is 15.8. The maximum absolute atomic E-state index is 6.25. The summed E-state index contributed by atoms with van der Waals surface area (Å²) in [7, 11) is -4.71. The first-order valence-electron chi connectivity index (χ1n) is 10.2. The Bertz CT molecular complexity index is 827. The van der Waals surface area contributed by atoms with Gasteiger partial charge in [-0.1, -0.05) is 24.3 Å². The van der Waals surface area contributed by atoms with E-state index in [2.05, 4.69) is 9.98 Å². The number of hydrogen-bond acceptors (Lipinski definition) is 6. The maximum Gasteiger partial charge on any atom is 0.392 e. The Hall–Kier alpha value is -2.27. The molecule has 2 aromatic carbocycles. The van der Waals surface area contributed by atoms with Crippen LogP contribution in [0.15, 0.2) is 58.5 Å². The summed E-state index contributed by atoms with van der Waals surface area (Å²) in [5.74, 6) is 1.57. The molecule has 160 valence electrons. The highest BCUT2D eigenvalue weighted by Crippen LogP contribution is 2.22. The molecule has 1 aliphatic rings. The first-order chi connectivity index (χ1) is 14.3. The van der Waals surface area contributed by atoms with Gasteiger partial charge in [0.15, 0.2) is 0 Å². The van der Waals surface area contributed by atoms with Gasteiger partial charge in [0.25, 0.3) is 0 Å². The summed E-state index contributed by atoms with van der Waals surface area (Å²) in [4.78, 5) is 9.05. The summed E-state index contributed by atoms with van der Waals surface area (Å²) in [6, 6.07) is 15.8. The predicted molar refractivity (Wildman–Crippen MR) is 126 cm³/mol. The largest absolute Gasteiger partial charge is 0.520 e. The van der Waals surface area contributed by atoms with Gasteiger partial charge in [-0.2, -0.15) is 0 Å². The van der Waals surface area contributed by atoms with E-state index in [1.165, 1.54) is 0 Å². The maximum atomic E-state index is 6.25. The summed E-state index contributed by atoms with van der Waals surface area (Å²) >= 11 is 0. The van der Waals surface area contributed by atoms with Crippen LogP contribution in [0.2, 0.25) is 26.2 Å². The van der Waals surface area contributed by atoms with Crippen molar-refractivity contribution >= 4 is 29.6 Å². The fraction of sp³-hybridized carbons (Fsp3) is 0.364. The second kappa shape index (κ2) is 10.2. The SMILES string of the molecule is C[Si]1(C)OCCN=Cc2ccccc2O[Si](C)(C)OCCN=Cc2ccccc2O1. The number of aliphatic imine (C=N–C) groups is 2. The average molecular weight is 443 g/mol. The Kier molecular flexibility index (Phi) is 7.60. The lowest BCUT2D eigenvalue weighted by molar-refractivity contribution is 0.255. The van der Waals surface area contributed by atoms with Crippen LogP contribution in [0.25, 0.3) is 0 Å². The topological polar surface area (TPSA) is 61.6 Å². The van der Waals surface area contributed by atoms with Crippen LogP contribution in [0.4, 0.5) is 0 Å². The Morgan fingerprint density at radius 1 is 0.633 bits per heavy atom. The van der Waals surface area contributed by atoms with Crippen LogP contribution in [-0.2, 0) is 8.85 Å². The molecule has 0 spiro atoms. The van der Waals surface area contributed by atoms with Gasteiger partial charge < -0.3 is 17.7 Å². The van der Waals surface area contributed by atoms with Crippen molar-refractivity contribution in [2.45, 2.75) is 26.2 Å². The van der Waals surface area contributed by atoms with Gasteiger partial charge in [0.2, 0.25) is 0 Å². The summed E-state index contributed by atoms with van der Waals surface area (Å²) in [6.07, 6.45) is 3.67. The van der Waals surface area contributed by atoms with E-state index in [9.17, 15) is 0 Å². The van der Waals surface area contributed by atoms with Crippen LogP contribution in [0.5, 0.6) is 11.5 Å². The first kappa shape index (κ1) is 22.4. The molecule has 0 atom stereocenters. The lowest BCUT2D eigenvalue weighted by Crippen LogP contribution is -2.39. The quantitative estimate of drug-likeness (QED) is 0.566. The zero-order chi connectivity index (χ0) is 21.5. The highest BCUT2D eigenvalue weighted by atomic mass is 28.4. The smallest absolute Gasteiger partial charge is 0.392 e. The van der Waals surface area contributed by atoms with E-state index >= 15 is 0 Å². The molecule has 0 N–H and O–H groups in total. The molecule has 2 aromatic rings. The van der Waals surface area contributed by atoms with E-state index in [1.807, 2.05) is 87.1 Å². The van der Waals surface area contributed by atoms with Crippen LogP contribution >= 0.6 is 0 Å². The van der Waals surface area contributed by atoms with Gasteiger partial charge in [0.05, 0.1) is 26.3 Å². The molecule has 30 heavy (non-hydrogen) atoms.